The lowest BCUT2D eigenvalue weighted by molar-refractivity contribution is 0.544. The highest BCUT2D eigenvalue weighted by atomic mass is 35.5. The van der Waals surface area contributed by atoms with Gasteiger partial charge in [0.2, 0.25) is 17.8 Å². The molecule has 0 aromatic carbocycles. The summed E-state index contributed by atoms with van der Waals surface area (Å²) in [5.74, 6) is 0.680. The number of anilines is 3. The standard InChI is InChI=1S/C6H6Cl6.C5H10N6/c7-1-2(8)4(10)6(12)5(11)3(1)9;1-2-8-5-10-3(6)9-4(7)11-5/h1-6H;2H2,1H3,(H5,6,7,8,9,10,11). The van der Waals surface area contributed by atoms with E-state index in [1.807, 2.05) is 6.92 Å². The van der Waals surface area contributed by atoms with E-state index in [1.165, 1.54) is 0 Å². The molecule has 0 bridgehead atoms. The molecule has 1 aliphatic rings. The van der Waals surface area contributed by atoms with Gasteiger partial charge in [0.05, 0.1) is 32.3 Å². The molecule has 1 aromatic rings. The fourth-order valence-electron chi connectivity index (χ4n) is 1.70. The van der Waals surface area contributed by atoms with Crippen LogP contribution in [-0.2, 0) is 0 Å². The zero-order valence-corrected chi connectivity index (χ0v) is 16.5. The van der Waals surface area contributed by atoms with Gasteiger partial charge in [0, 0.05) is 6.54 Å². The molecule has 0 radical (unpaired) electrons. The summed E-state index contributed by atoms with van der Waals surface area (Å²) in [5, 5.41) is 0.247. The first-order chi connectivity index (χ1) is 10.7. The van der Waals surface area contributed by atoms with Gasteiger partial charge in [-0.05, 0) is 6.92 Å². The van der Waals surface area contributed by atoms with E-state index in [0.29, 0.717) is 5.95 Å². The van der Waals surface area contributed by atoms with Gasteiger partial charge >= 0.3 is 0 Å². The molecule has 23 heavy (non-hydrogen) atoms. The Labute approximate surface area is 164 Å². The highest BCUT2D eigenvalue weighted by Crippen LogP contribution is 2.39. The largest absolute Gasteiger partial charge is 0.368 e. The van der Waals surface area contributed by atoms with Gasteiger partial charge in [-0.25, -0.2) is 0 Å². The normalized spacial score (nSPS) is 33.5. The molecule has 0 atom stereocenters. The quantitative estimate of drug-likeness (QED) is 0.605. The maximum absolute atomic E-state index is 5.88. The summed E-state index contributed by atoms with van der Waals surface area (Å²) in [6.07, 6.45) is 0. The van der Waals surface area contributed by atoms with E-state index in [4.69, 9.17) is 81.1 Å². The molecule has 0 unspecified atom stereocenters. The fourth-order valence-corrected chi connectivity index (χ4v) is 4.03. The van der Waals surface area contributed by atoms with Gasteiger partial charge in [0.1, 0.15) is 0 Å². The SMILES string of the molecule is CCNc1nc(N)nc(N)n1.ClC1C(Cl)C(Cl)C(Cl)C(Cl)C1Cl. The van der Waals surface area contributed by atoms with Crippen LogP contribution >= 0.6 is 69.6 Å². The van der Waals surface area contributed by atoms with E-state index in [1.54, 1.807) is 0 Å². The van der Waals surface area contributed by atoms with Crippen molar-refractivity contribution in [3.63, 3.8) is 0 Å². The first-order valence-electron chi connectivity index (χ1n) is 6.54. The molecule has 1 saturated carbocycles. The fraction of sp³-hybridized carbons (Fsp3) is 0.727. The van der Waals surface area contributed by atoms with Crippen LogP contribution < -0.4 is 16.8 Å². The average molecular weight is 445 g/mol. The number of nitrogen functional groups attached to an aromatic ring is 2. The minimum absolute atomic E-state index is 0.133. The lowest BCUT2D eigenvalue weighted by atomic mass is 9.97. The number of nitrogens with one attached hydrogen (secondary N) is 1. The first-order valence-corrected chi connectivity index (χ1v) is 9.16. The number of nitrogens with zero attached hydrogens (tertiary/aromatic N) is 3. The van der Waals surface area contributed by atoms with Gasteiger partial charge < -0.3 is 16.8 Å². The van der Waals surface area contributed by atoms with Crippen LogP contribution in [0.2, 0.25) is 0 Å². The van der Waals surface area contributed by atoms with Crippen molar-refractivity contribution < 1.29 is 0 Å². The number of nitrogens with two attached hydrogens (primary N) is 2. The second-order valence-corrected chi connectivity index (χ2v) is 7.60. The third-order valence-electron chi connectivity index (χ3n) is 2.83. The number of rotatable bonds is 2. The molecule has 1 aliphatic carbocycles. The summed E-state index contributed by atoms with van der Waals surface area (Å²) in [5.41, 5.74) is 10.6. The van der Waals surface area contributed by atoms with Crippen LogP contribution in [0, 0.1) is 0 Å². The van der Waals surface area contributed by atoms with Crippen LogP contribution in [0.5, 0.6) is 0 Å². The van der Waals surface area contributed by atoms with Gasteiger partial charge in [-0.15, -0.1) is 69.6 Å². The van der Waals surface area contributed by atoms with Crippen molar-refractivity contribution >= 4 is 87.5 Å². The van der Waals surface area contributed by atoms with Crippen molar-refractivity contribution in [2.24, 2.45) is 0 Å². The summed E-state index contributed by atoms with van der Waals surface area (Å²) in [6.45, 7) is 2.65. The maximum atomic E-state index is 5.88. The number of alkyl halides is 6. The lowest BCUT2D eigenvalue weighted by Gasteiger charge is -2.37. The topological polar surface area (TPSA) is 103 Å². The molecule has 1 heterocycles. The third-order valence-corrected chi connectivity index (χ3v) is 6.86. The Hall–Kier alpha value is 0.150. The molecule has 1 aromatic heterocycles. The minimum Gasteiger partial charge on any atom is -0.368 e. The van der Waals surface area contributed by atoms with E-state index in [-0.39, 0.29) is 11.9 Å². The Kier molecular flexibility index (Phi) is 8.83. The lowest BCUT2D eigenvalue weighted by Crippen LogP contribution is -2.52. The van der Waals surface area contributed by atoms with Crippen LogP contribution in [0.3, 0.4) is 0 Å². The Balaban J connectivity index is 0.000000231. The van der Waals surface area contributed by atoms with Gasteiger partial charge in [-0.1, -0.05) is 0 Å². The monoisotopic (exact) mass is 442 g/mol. The zero-order chi connectivity index (χ0) is 17.7. The van der Waals surface area contributed by atoms with E-state index >= 15 is 0 Å². The smallest absolute Gasteiger partial charge is 0.229 e. The number of aromatic nitrogens is 3. The van der Waals surface area contributed by atoms with Crippen LogP contribution in [0.4, 0.5) is 17.8 Å². The van der Waals surface area contributed by atoms with E-state index in [9.17, 15) is 0 Å². The molecule has 0 saturated heterocycles. The summed E-state index contributed by atoms with van der Waals surface area (Å²) in [4.78, 5) is 11.2. The molecule has 0 amide bonds. The van der Waals surface area contributed by atoms with Gasteiger partial charge in [-0.3, -0.25) is 0 Å². The number of hydrogen-bond acceptors (Lipinski definition) is 6. The highest BCUT2D eigenvalue weighted by molar-refractivity contribution is 6.45. The molecule has 132 valence electrons. The molecule has 5 N–H and O–H groups in total. The van der Waals surface area contributed by atoms with Crippen molar-refractivity contribution in [1.82, 2.24) is 15.0 Å². The second-order valence-electron chi connectivity index (χ2n) is 4.57. The Bertz CT molecular complexity index is 429. The van der Waals surface area contributed by atoms with Gasteiger partial charge in [0.15, 0.2) is 0 Å². The summed E-state index contributed by atoms with van der Waals surface area (Å²) < 4.78 is 0. The van der Waals surface area contributed by atoms with Crippen molar-refractivity contribution in [2.75, 3.05) is 23.3 Å². The number of hydrogen-bond donors (Lipinski definition) is 3. The molecule has 1 fully saturated rings. The van der Waals surface area contributed by atoms with Gasteiger partial charge in [-0.2, -0.15) is 15.0 Å². The van der Waals surface area contributed by atoms with Gasteiger partial charge in [0.25, 0.3) is 0 Å². The number of halogens is 6. The third kappa shape index (κ3) is 5.87. The zero-order valence-electron chi connectivity index (χ0n) is 11.9. The highest BCUT2D eigenvalue weighted by Gasteiger charge is 2.46. The molecule has 6 nitrogen and oxygen atoms in total. The molecular weight excluding hydrogens is 429 g/mol. The first kappa shape index (κ1) is 21.2. The predicted octanol–water partition coefficient (Wildman–Crippen LogP) is 3.11. The van der Waals surface area contributed by atoms with E-state index in [0.717, 1.165) is 6.54 Å². The summed E-state index contributed by atoms with van der Waals surface area (Å²) in [7, 11) is 0. The van der Waals surface area contributed by atoms with Crippen molar-refractivity contribution in [2.45, 2.75) is 39.2 Å². The van der Waals surface area contributed by atoms with Crippen molar-refractivity contribution in [3.8, 4) is 0 Å². The van der Waals surface area contributed by atoms with Crippen molar-refractivity contribution in [3.05, 3.63) is 0 Å². The molecule has 2 rings (SSSR count). The molecular formula is C11H16Cl6N6. The minimum atomic E-state index is -0.437. The van der Waals surface area contributed by atoms with Crippen LogP contribution in [-0.4, -0.2) is 53.8 Å². The summed E-state index contributed by atoms with van der Waals surface area (Å²) in [6, 6.07) is 0. The maximum Gasteiger partial charge on any atom is 0.229 e. The Morgan fingerprint density at radius 2 is 1.04 bits per heavy atom. The van der Waals surface area contributed by atoms with E-state index in [2.05, 4.69) is 20.3 Å². The predicted molar refractivity (Wildman–Crippen MR) is 101 cm³/mol. The molecule has 0 aliphatic heterocycles. The van der Waals surface area contributed by atoms with E-state index < -0.39 is 32.3 Å². The Morgan fingerprint density at radius 3 is 1.30 bits per heavy atom. The molecule has 0 spiro atoms. The second kappa shape index (κ2) is 9.59. The molecule has 12 heteroatoms. The summed E-state index contributed by atoms with van der Waals surface area (Å²) >= 11 is 35.3. The average Bonchev–Trinajstić information content (AvgIpc) is 2.49. The van der Waals surface area contributed by atoms with Crippen LogP contribution in [0.15, 0.2) is 0 Å². The van der Waals surface area contributed by atoms with Crippen LogP contribution in [0.25, 0.3) is 0 Å². The Morgan fingerprint density at radius 1 is 0.739 bits per heavy atom. The van der Waals surface area contributed by atoms with Crippen molar-refractivity contribution in [1.29, 1.82) is 0 Å². The van der Waals surface area contributed by atoms with Crippen LogP contribution in [0.1, 0.15) is 6.92 Å².